The smallest absolute Gasteiger partial charge is 0.337 e. The van der Waals surface area contributed by atoms with E-state index in [0.717, 1.165) is 18.4 Å². The standard InChI is InChI=1S/C23H23N5O4S/c1-14-5-9-16(10-6-14)24-19(29)21-27-26-20(33-21)18-4-3-13-28(18)23(31)25-17-11-7-15(8-12-17)22(30)32-2/h5-12,18H,3-4,13H2,1-2H3,(H,24,29)(H,25,31)/t18-/m0/s1. The lowest BCUT2D eigenvalue weighted by Gasteiger charge is -2.23. The summed E-state index contributed by atoms with van der Waals surface area (Å²) in [4.78, 5) is 38.7. The monoisotopic (exact) mass is 465 g/mol. The fourth-order valence-electron chi connectivity index (χ4n) is 3.55. The molecule has 1 aromatic heterocycles. The van der Waals surface area contributed by atoms with E-state index in [-0.39, 0.29) is 23.0 Å². The number of esters is 1. The van der Waals surface area contributed by atoms with Crippen LogP contribution in [0.3, 0.4) is 0 Å². The quantitative estimate of drug-likeness (QED) is 0.545. The van der Waals surface area contributed by atoms with Gasteiger partial charge in [-0.3, -0.25) is 4.79 Å². The molecule has 170 valence electrons. The van der Waals surface area contributed by atoms with Gasteiger partial charge in [-0.15, -0.1) is 10.2 Å². The van der Waals surface area contributed by atoms with Gasteiger partial charge in [0.15, 0.2) is 0 Å². The fourth-order valence-corrected chi connectivity index (χ4v) is 4.44. The van der Waals surface area contributed by atoms with E-state index >= 15 is 0 Å². The van der Waals surface area contributed by atoms with E-state index in [9.17, 15) is 14.4 Å². The molecule has 1 saturated heterocycles. The maximum Gasteiger partial charge on any atom is 0.337 e. The number of rotatable bonds is 5. The number of carbonyl (C=O) groups is 3. The summed E-state index contributed by atoms with van der Waals surface area (Å²) in [6, 6.07) is 13.4. The van der Waals surface area contributed by atoms with Gasteiger partial charge in [0.1, 0.15) is 5.01 Å². The highest BCUT2D eigenvalue weighted by Crippen LogP contribution is 2.34. The van der Waals surface area contributed by atoms with E-state index in [1.165, 1.54) is 18.4 Å². The molecule has 0 aliphatic carbocycles. The molecule has 33 heavy (non-hydrogen) atoms. The van der Waals surface area contributed by atoms with Gasteiger partial charge < -0.3 is 20.3 Å². The molecule has 1 aliphatic rings. The van der Waals surface area contributed by atoms with Gasteiger partial charge in [-0.25, -0.2) is 9.59 Å². The fraction of sp³-hybridized carbons (Fsp3) is 0.261. The first kappa shape index (κ1) is 22.4. The summed E-state index contributed by atoms with van der Waals surface area (Å²) in [7, 11) is 1.32. The highest BCUT2D eigenvalue weighted by Gasteiger charge is 2.33. The number of methoxy groups -OCH3 is 1. The molecule has 0 spiro atoms. The number of nitrogens with one attached hydrogen (secondary N) is 2. The number of aryl methyl sites for hydroxylation is 1. The van der Waals surface area contributed by atoms with Crippen LogP contribution in [-0.4, -0.2) is 46.7 Å². The van der Waals surface area contributed by atoms with Crippen LogP contribution < -0.4 is 10.6 Å². The molecule has 3 amide bonds. The summed E-state index contributed by atoms with van der Waals surface area (Å²) in [6.45, 7) is 2.55. The zero-order valence-electron chi connectivity index (χ0n) is 18.2. The SMILES string of the molecule is COC(=O)c1ccc(NC(=O)N2CCC[C@H]2c2nnc(C(=O)Nc3ccc(C)cc3)s2)cc1. The third kappa shape index (κ3) is 5.17. The molecule has 10 heteroatoms. The highest BCUT2D eigenvalue weighted by molar-refractivity contribution is 7.13. The van der Waals surface area contributed by atoms with E-state index in [4.69, 9.17) is 0 Å². The Bertz CT molecular complexity index is 1160. The number of urea groups is 1. The van der Waals surface area contributed by atoms with E-state index in [1.807, 2.05) is 31.2 Å². The van der Waals surface area contributed by atoms with Gasteiger partial charge >= 0.3 is 12.0 Å². The summed E-state index contributed by atoms with van der Waals surface area (Å²) in [5, 5.41) is 14.8. The molecule has 1 fully saturated rings. The van der Waals surface area contributed by atoms with Crippen molar-refractivity contribution in [1.29, 1.82) is 0 Å². The van der Waals surface area contributed by atoms with E-state index in [0.29, 0.717) is 28.5 Å². The molecule has 0 bridgehead atoms. The van der Waals surface area contributed by atoms with Gasteiger partial charge in [-0.05, 0) is 56.2 Å². The Labute approximate surface area is 194 Å². The molecule has 0 radical (unpaired) electrons. The zero-order valence-corrected chi connectivity index (χ0v) is 19.0. The minimum absolute atomic E-state index is 0.247. The Hall–Kier alpha value is -3.79. The first-order valence-corrected chi connectivity index (χ1v) is 11.2. The molecule has 2 aromatic carbocycles. The van der Waals surface area contributed by atoms with Crippen LogP contribution in [0.4, 0.5) is 16.2 Å². The van der Waals surface area contributed by atoms with E-state index < -0.39 is 5.97 Å². The number of hydrogen-bond acceptors (Lipinski definition) is 7. The van der Waals surface area contributed by atoms with Crippen molar-refractivity contribution in [3.8, 4) is 0 Å². The predicted molar refractivity (Wildman–Crippen MR) is 125 cm³/mol. The second kappa shape index (κ2) is 9.78. The summed E-state index contributed by atoms with van der Waals surface area (Å²) in [5.41, 5.74) is 2.75. The Morgan fingerprint density at radius 1 is 1.00 bits per heavy atom. The van der Waals surface area contributed by atoms with Crippen LogP contribution in [0.25, 0.3) is 0 Å². The number of aromatic nitrogens is 2. The number of amides is 3. The molecular formula is C23H23N5O4S. The molecule has 0 saturated carbocycles. The summed E-state index contributed by atoms with van der Waals surface area (Å²) in [5.74, 6) is -0.770. The third-order valence-electron chi connectivity index (χ3n) is 5.30. The molecule has 9 nitrogen and oxygen atoms in total. The van der Waals surface area contributed by atoms with Crippen molar-refractivity contribution in [3.05, 3.63) is 69.7 Å². The molecule has 2 N–H and O–H groups in total. The first-order chi connectivity index (χ1) is 15.9. The third-order valence-corrected chi connectivity index (χ3v) is 6.32. The van der Waals surface area contributed by atoms with Crippen molar-refractivity contribution in [3.63, 3.8) is 0 Å². The van der Waals surface area contributed by atoms with Crippen LogP contribution in [0.15, 0.2) is 48.5 Å². The number of anilines is 2. The van der Waals surface area contributed by atoms with Gasteiger partial charge in [0, 0.05) is 17.9 Å². The van der Waals surface area contributed by atoms with Gasteiger partial charge in [0.2, 0.25) is 5.01 Å². The Morgan fingerprint density at radius 2 is 1.67 bits per heavy atom. The Morgan fingerprint density at radius 3 is 2.36 bits per heavy atom. The van der Waals surface area contributed by atoms with Crippen molar-refractivity contribution in [2.45, 2.75) is 25.8 Å². The molecule has 0 unspecified atom stereocenters. The lowest BCUT2D eigenvalue weighted by molar-refractivity contribution is 0.0600. The lowest BCUT2D eigenvalue weighted by Crippen LogP contribution is -2.34. The summed E-state index contributed by atoms with van der Waals surface area (Å²) >= 11 is 1.19. The normalized spacial score (nSPS) is 15.2. The highest BCUT2D eigenvalue weighted by atomic mass is 32.1. The topological polar surface area (TPSA) is 114 Å². The average Bonchev–Trinajstić information content (AvgIpc) is 3.50. The van der Waals surface area contributed by atoms with Crippen LogP contribution in [0.1, 0.15) is 49.6 Å². The second-order valence-corrected chi connectivity index (χ2v) is 8.63. The number of benzene rings is 2. The van der Waals surface area contributed by atoms with Crippen LogP contribution in [0, 0.1) is 6.92 Å². The Kier molecular flexibility index (Phi) is 6.64. The van der Waals surface area contributed by atoms with E-state index in [1.54, 1.807) is 29.2 Å². The first-order valence-electron chi connectivity index (χ1n) is 10.4. The van der Waals surface area contributed by atoms with Crippen LogP contribution >= 0.6 is 11.3 Å². The average molecular weight is 466 g/mol. The zero-order chi connectivity index (χ0) is 23.4. The van der Waals surface area contributed by atoms with Crippen molar-refractivity contribution in [2.24, 2.45) is 0 Å². The van der Waals surface area contributed by atoms with Crippen molar-refractivity contribution < 1.29 is 19.1 Å². The van der Waals surface area contributed by atoms with Gasteiger partial charge in [-0.1, -0.05) is 29.0 Å². The van der Waals surface area contributed by atoms with Crippen molar-refractivity contribution >= 4 is 40.6 Å². The van der Waals surface area contributed by atoms with Gasteiger partial charge in [0.05, 0.1) is 18.7 Å². The molecule has 3 aromatic rings. The largest absolute Gasteiger partial charge is 0.465 e. The number of nitrogens with zero attached hydrogens (tertiary/aromatic N) is 3. The van der Waals surface area contributed by atoms with Gasteiger partial charge in [0.25, 0.3) is 5.91 Å². The predicted octanol–water partition coefficient (Wildman–Crippen LogP) is 4.25. The van der Waals surface area contributed by atoms with Crippen LogP contribution in [0.5, 0.6) is 0 Å². The minimum atomic E-state index is -0.439. The number of likely N-dealkylation sites (tertiary alicyclic amines) is 1. The van der Waals surface area contributed by atoms with Crippen LogP contribution in [-0.2, 0) is 4.74 Å². The molecule has 1 atom stereocenters. The molecule has 1 aliphatic heterocycles. The maximum absolute atomic E-state index is 12.9. The van der Waals surface area contributed by atoms with Crippen molar-refractivity contribution in [2.75, 3.05) is 24.3 Å². The van der Waals surface area contributed by atoms with Gasteiger partial charge in [-0.2, -0.15) is 0 Å². The molecular weight excluding hydrogens is 442 g/mol. The minimum Gasteiger partial charge on any atom is -0.465 e. The number of carbonyl (C=O) groups excluding carboxylic acids is 3. The van der Waals surface area contributed by atoms with E-state index in [2.05, 4.69) is 25.6 Å². The second-order valence-electron chi connectivity index (χ2n) is 7.62. The molecule has 4 rings (SSSR count). The maximum atomic E-state index is 12.9. The summed E-state index contributed by atoms with van der Waals surface area (Å²) < 4.78 is 4.68. The van der Waals surface area contributed by atoms with Crippen molar-refractivity contribution in [1.82, 2.24) is 15.1 Å². The number of ether oxygens (including phenoxy) is 1. The van der Waals surface area contributed by atoms with Crippen LogP contribution in [0.2, 0.25) is 0 Å². The summed E-state index contributed by atoms with van der Waals surface area (Å²) in [6.07, 6.45) is 1.56. The number of hydrogen-bond donors (Lipinski definition) is 2. The lowest BCUT2D eigenvalue weighted by atomic mass is 10.2. The Balaban J connectivity index is 1.41. The molecule has 2 heterocycles.